The van der Waals surface area contributed by atoms with Gasteiger partial charge in [-0.3, -0.25) is 0 Å². The van der Waals surface area contributed by atoms with E-state index in [4.69, 9.17) is 0 Å². The van der Waals surface area contributed by atoms with Crippen LogP contribution in [0.2, 0.25) is 0 Å². The van der Waals surface area contributed by atoms with Crippen molar-refractivity contribution >= 4 is 60.9 Å². The van der Waals surface area contributed by atoms with E-state index in [1.807, 2.05) is 0 Å². The van der Waals surface area contributed by atoms with E-state index in [9.17, 15) is 0 Å². The molecule has 0 nitrogen and oxygen atoms in total. The Labute approximate surface area is 357 Å². The van der Waals surface area contributed by atoms with Crippen LogP contribution in [0.4, 0.5) is 0 Å². The summed E-state index contributed by atoms with van der Waals surface area (Å²) in [5.41, 5.74) is 16.1. The summed E-state index contributed by atoms with van der Waals surface area (Å²) >= 11 is 0. The SMILES string of the molecule is CC1(C)c2ccccc2-c2c1ccc1c(-c3c4ccccc4c(-c4ccc5c(c4)c4ccccc4p5-c4ccccc4)c4ccccc34)cc3c(c21)-c1ccccc1C3(C)C. The minimum absolute atomic E-state index is 0.101. The van der Waals surface area contributed by atoms with Crippen molar-refractivity contribution in [1.29, 1.82) is 0 Å². The topological polar surface area (TPSA) is 0 Å². The molecule has 1 heterocycles. The van der Waals surface area contributed by atoms with Crippen molar-refractivity contribution in [3.8, 4) is 49.8 Å². The molecule has 0 fully saturated rings. The summed E-state index contributed by atoms with van der Waals surface area (Å²) in [6.45, 7) is 9.68. The average molecular weight is 795 g/mol. The van der Waals surface area contributed by atoms with E-state index in [0.717, 1.165) is 0 Å². The number of rotatable bonds is 3. The fourth-order valence-electron chi connectivity index (χ4n) is 11.8. The van der Waals surface area contributed by atoms with Gasteiger partial charge in [0.05, 0.1) is 0 Å². The molecule has 2 aliphatic carbocycles. The van der Waals surface area contributed by atoms with Gasteiger partial charge in [0.25, 0.3) is 0 Å². The van der Waals surface area contributed by atoms with E-state index < -0.39 is 7.53 Å². The van der Waals surface area contributed by atoms with Crippen molar-refractivity contribution in [3.63, 3.8) is 0 Å². The Morgan fingerprint density at radius 1 is 0.311 bits per heavy atom. The van der Waals surface area contributed by atoms with Gasteiger partial charge in [-0.2, -0.15) is 0 Å². The lowest BCUT2D eigenvalue weighted by molar-refractivity contribution is 0.660. The first-order valence-corrected chi connectivity index (χ1v) is 23.0. The van der Waals surface area contributed by atoms with Crippen molar-refractivity contribution < 1.29 is 0 Å². The van der Waals surface area contributed by atoms with Gasteiger partial charge in [-0.05, 0) is 133 Å². The molecule has 0 saturated carbocycles. The maximum absolute atomic E-state index is 2.59. The molecule has 10 aromatic carbocycles. The molecule has 288 valence electrons. The van der Waals surface area contributed by atoms with Crippen molar-refractivity contribution in [2.24, 2.45) is 0 Å². The molecule has 1 aromatic heterocycles. The number of hydrogen-bond acceptors (Lipinski definition) is 0. The highest BCUT2D eigenvalue weighted by Gasteiger charge is 2.42. The van der Waals surface area contributed by atoms with E-state index in [0.29, 0.717) is 0 Å². The highest BCUT2D eigenvalue weighted by molar-refractivity contribution is 7.67. The predicted octanol–water partition coefficient (Wildman–Crippen LogP) is 17.4. The van der Waals surface area contributed by atoms with Crippen molar-refractivity contribution in [1.82, 2.24) is 0 Å². The predicted molar refractivity (Wildman–Crippen MR) is 264 cm³/mol. The van der Waals surface area contributed by atoms with Crippen LogP contribution in [0.5, 0.6) is 0 Å². The van der Waals surface area contributed by atoms with Crippen LogP contribution in [0.1, 0.15) is 49.9 Å². The first kappa shape index (κ1) is 35.1. The molecule has 1 atom stereocenters. The summed E-state index contributed by atoms with van der Waals surface area (Å²) in [5.74, 6) is 0. The zero-order valence-electron chi connectivity index (χ0n) is 34.8. The summed E-state index contributed by atoms with van der Waals surface area (Å²) < 4.78 is 0. The fourth-order valence-corrected chi connectivity index (χ4v) is 14.4. The molecule has 0 radical (unpaired) electrons. The van der Waals surface area contributed by atoms with Crippen molar-refractivity contribution in [3.05, 3.63) is 210 Å². The lowest BCUT2D eigenvalue weighted by Gasteiger charge is -2.26. The summed E-state index contributed by atoms with van der Waals surface area (Å²) in [7, 11) is -0.627. The van der Waals surface area contributed by atoms with Gasteiger partial charge in [-0.15, -0.1) is 0 Å². The van der Waals surface area contributed by atoms with E-state index in [1.165, 1.54) is 125 Å². The van der Waals surface area contributed by atoms with Crippen molar-refractivity contribution in [2.45, 2.75) is 38.5 Å². The van der Waals surface area contributed by atoms with Crippen LogP contribution in [0.15, 0.2) is 188 Å². The Hall–Kier alpha value is -6.72. The van der Waals surface area contributed by atoms with Crippen LogP contribution >= 0.6 is 7.53 Å². The number of hydrogen-bond donors (Lipinski definition) is 0. The van der Waals surface area contributed by atoms with E-state index in [2.05, 4.69) is 216 Å². The lowest BCUT2D eigenvalue weighted by Crippen LogP contribution is -2.15. The molecule has 0 bridgehead atoms. The second-order valence-electron chi connectivity index (χ2n) is 18.4. The zero-order chi connectivity index (χ0) is 40.8. The highest BCUT2D eigenvalue weighted by Crippen LogP contribution is 2.60. The fraction of sp³-hybridized carbons (Fsp3) is 0.100. The highest BCUT2D eigenvalue weighted by atomic mass is 31.1. The van der Waals surface area contributed by atoms with Crippen molar-refractivity contribution in [2.75, 3.05) is 0 Å². The van der Waals surface area contributed by atoms with Gasteiger partial charge < -0.3 is 0 Å². The maximum atomic E-state index is 2.59. The van der Waals surface area contributed by atoms with Gasteiger partial charge in [-0.25, -0.2) is 0 Å². The molecule has 1 heteroatoms. The van der Waals surface area contributed by atoms with Crippen LogP contribution in [0.25, 0.3) is 103 Å². The second-order valence-corrected chi connectivity index (χ2v) is 20.5. The Morgan fingerprint density at radius 3 is 1.48 bits per heavy atom. The third kappa shape index (κ3) is 4.61. The monoisotopic (exact) mass is 794 g/mol. The van der Waals surface area contributed by atoms with Gasteiger partial charge in [-0.1, -0.05) is 205 Å². The van der Waals surface area contributed by atoms with Gasteiger partial charge in [0.1, 0.15) is 0 Å². The Kier molecular flexibility index (Phi) is 7.14. The largest absolute Gasteiger partial charge is 0.0772 e. The molecule has 0 amide bonds. The maximum Gasteiger partial charge on any atom is 0.0159 e. The van der Waals surface area contributed by atoms with Gasteiger partial charge in [0.2, 0.25) is 0 Å². The van der Waals surface area contributed by atoms with Crippen LogP contribution in [0.3, 0.4) is 0 Å². The first-order valence-electron chi connectivity index (χ1n) is 21.7. The van der Waals surface area contributed by atoms with Gasteiger partial charge in [0, 0.05) is 21.1 Å². The van der Waals surface area contributed by atoms with E-state index in [-0.39, 0.29) is 10.8 Å². The molecular formula is C60H43P. The number of benzene rings is 10. The van der Waals surface area contributed by atoms with Crippen LogP contribution < -0.4 is 0 Å². The second kappa shape index (κ2) is 12.4. The Bertz CT molecular complexity index is 3610. The normalized spacial score (nSPS) is 14.8. The average Bonchev–Trinajstić information content (AvgIpc) is 3.84. The molecule has 0 spiro atoms. The van der Waals surface area contributed by atoms with E-state index in [1.54, 1.807) is 0 Å². The number of fused-ring (bicyclic) bond motifs is 14. The summed E-state index contributed by atoms with van der Waals surface area (Å²) in [4.78, 5) is 0. The summed E-state index contributed by atoms with van der Waals surface area (Å²) in [5, 5.41) is 14.9. The zero-order valence-corrected chi connectivity index (χ0v) is 35.7. The molecule has 0 aliphatic heterocycles. The molecule has 2 aliphatic rings. The molecule has 11 aromatic rings. The van der Waals surface area contributed by atoms with Crippen LogP contribution in [-0.4, -0.2) is 0 Å². The van der Waals surface area contributed by atoms with Gasteiger partial charge >= 0.3 is 0 Å². The third-order valence-electron chi connectivity index (χ3n) is 14.6. The molecule has 1 unspecified atom stereocenters. The standard InChI is InChI=1S/C60H43P/c1-59(2)48-27-15-12-25-44(48)56-50(59)32-31-43-47(35-51-57(58(43)56)45-26-13-16-28-49(45)60(51,3)4)55-41-23-10-8-21-39(41)54(40-22-9-11-24-42(40)55)36-30-33-53-46(34-36)38-20-14-17-29-52(38)61(53)37-18-6-5-7-19-37/h5-35H,1-4H3. The third-order valence-corrected chi connectivity index (χ3v) is 17.1. The Balaban J connectivity index is 1.15. The quantitative estimate of drug-likeness (QED) is 0.156. The van der Waals surface area contributed by atoms with Gasteiger partial charge in [0.15, 0.2) is 0 Å². The van der Waals surface area contributed by atoms with E-state index >= 15 is 0 Å². The molecule has 13 rings (SSSR count). The molecule has 0 saturated heterocycles. The minimum Gasteiger partial charge on any atom is -0.0772 e. The lowest BCUT2D eigenvalue weighted by atomic mass is 9.77. The molecule has 61 heavy (non-hydrogen) atoms. The smallest absolute Gasteiger partial charge is 0.0159 e. The molecular weight excluding hydrogens is 752 g/mol. The molecule has 0 N–H and O–H groups in total. The first-order chi connectivity index (χ1) is 29.8. The summed E-state index contributed by atoms with van der Waals surface area (Å²) in [6, 6.07) is 71.8. The van der Waals surface area contributed by atoms with Crippen LogP contribution in [0, 0.1) is 0 Å². The summed E-state index contributed by atoms with van der Waals surface area (Å²) in [6.07, 6.45) is 0. The Morgan fingerprint density at radius 2 is 0.820 bits per heavy atom. The minimum atomic E-state index is -0.627. The van der Waals surface area contributed by atoms with Crippen LogP contribution in [-0.2, 0) is 10.8 Å².